The molecule has 0 spiro atoms. The molecule has 1 aromatic heterocycles. The number of nitrogens with zero attached hydrogens (tertiary/aromatic N) is 3. The normalized spacial score (nSPS) is 15.9. The molecule has 2 aromatic rings. The van der Waals surface area contributed by atoms with Gasteiger partial charge in [0.05, 0.1) is 6.61 Å². The lowest BCUT2D eigenvalue weighted by molar-refractivity contribution is -0.144. The molecule has 1 aliphatic rings. The molecule has 1 aromatic carbocycles. The number of esters is 1. The Morgan fingerprint density at radius 3 is 2.50 bits per heavy atom. The van der Waals surface area contributed by atoms with Gasteiger partial charge in [-0.05, 0) is 51.0 Å². The minimum atomic E-state index is -0.959. The Kier molecular flexibility index (Phi) is 6.72. The van der Waals surface area contributed by atoms with Crippen LogP contribution in [0.2, 0.25) is 0 Å². The van der Waals surface area contributed by atoms with E-state index in [9.17, 15) is 14.7 Å². The highest BCUT2D eigenvalue weighted by molar-refractivity contribution is 8.01. The van der Waals surface area contributed by atoms with Gasteiger partial charge in [-0.2, -0.15) is 0 Å². The fourth-order valence-corrected chi connectivity index (χ4v) is 4.43. The number of aromatic nitrogens is 3. The van der Waals surface area contributed by atoms with Crippen LogP contribution in [0.1, 0.15) is 52.0 Å². The number of hydrogen-bond donors (Lipinski definition) is 1. The maximum atomic E-state index is 12.2. The van der Waals surface area contributed by atoms with Crippen LogP contribution >= 0.6 is 11.8 Å². The van der Waals surface area contributed by atoms with E-state index in [4.69, 9.17) is 4.74 Å². The first-order chi connectivity index (χ1) is 13.5. The second kappa shape index (κ2) is 9.23. The van der Waals surface area contributed by atoms with E-state index in [1.54, 1.807) is 31.2 Å². The molecule has 150 valence electrons. The quantitative estimate of drug-likeness (QED) is 0.427. The van der Waals surface area contributed by atoms with Crippen molar-refractivity contribution in [3.05, 3.63) is 24.3 Å². The zero-order chi connectivity index (χ0) is 20.1. The van der Waals surface area contributed by atoms with E-state index < -0.39 is 11.2 Å². The van der Waals surface area contributed by atoms with Crippen LogP contribution in [0.25, 0.3) is 11.4 Å². The van der Waals surface area contributed by atoms with E-state index in [-0.39, 0.29) is 24.2 Å². The van der Waals surface area contributed by atoms with Crippen LogP contribution in [0.4, 0.5) is 0 Å². The lowest BCUT2D eigenvalue weighted by Crippen LogP contribution is -2.28. The number of thioether (sulfide) groups is 1. The van der Waals surface area contributed by atoms with Gasteiger partial charge >= 0.3 is 5.97 Å². The van der Waals surface area contributed by atoms with Crippen molar-refractivity contribution in [2.24, 2.45) is 0 Å². The number of ketones is 1. The Bertz CT molecular complexity index is 828. The van der Waals surface area contributed by atoms with E-state index in [1.807, 2.05) is 4.57 Å². The summed E-state index contributed by atoms with van der Waals surface area (Å²) in [6.45, 7) is 3.32. The van der Waals surface area contributed by atoms with Gasteiger partial charge in [-0.25, -0.2) is 0 Å². The molecule has 1 N–H and O–H groups in total. The molecule has 28 heavy (non-hydrogen) atoms. The van der Waals surface area contributed by atoms with Crippen LogP contribution in [0, 0.1) is 0 Å². The van der Waals surface area contributed by atoms with E-state index in [2.05, 4.69) is 10.2 Å². The van der Waals surface area contributed by atoms with Gasteiger partial charge in [0.2, 0.25) is 0 Å². The first-order valence-corrected chi connectivity index (χ1v) is 10.5. The van der Waals surface area contributed by atoms with E-state index in [0.717, 1.165) is 43.0 Å². The summed E-state index contributed by atoms with van der Waals surface area (Å²) < 4.78 is 7.11. The van der Waals surface area contributed by atoms with Crippen LogP contribution in [-0.4, -0.2) is 43.5 Å². The molecule has 1 unspecified atom stereocenters. The summed E-state index contributed by atoms with van der Waals surface area (Å²) >= 11 is 1.10. The molecule has 1 fully saturated rings. The molecule has 7 nitrogen and oxygen atoms in total. The topological polar surface area (TPSA) is 94.3 Å². The van der Waals surface area contributed by atoms with Gasteiger partial charge in [0, 0.05) is 11.6 Å². The summed E-state index contributed by atoms with van der Waals surface area (Å²) in [4.78, 5) is 24.3. The van der Waals surface area contributed by atoms with Crippen LogP contribution in [-0.2, 0) is 14.3 Å². The molecule has 0 saturated heterocycles. The van der Waals surface area contributed by atoms with Crippen molar-refractivity contribution < 1.29 is 19.4 Å². The molecule has 1 saturated carbocycles. The Labute approximate surface area is 168 Å². The summed E-state index contributed by atoms with van der Waals surface area (Å²) in [6, 6.07) is 7.02. The van der Waals surface area contributed by atoms with Crippen molar-refractivity contribution >= 4 is 23.5 Å². The van der Waals surface area contributed by atoms with Crippen LogP contribution in [0.15, 0.2) is 29.4 Å². The molecule has 0 bridgehead atoms. The summed E-state index contributed by atoms with van der Waals surface area (Å²) in [6.07, 6.45) is 5.45. The first-order valence-electron chi connectivity index (χ1n) is 9.59. The van der Waals surface area contributed by atoms with Gasteiger partial charge in [0.15, 0.2) is 22.0 Å². The van der Waals surface area contributed by atoms with Crippen LogP contribution < -0.4 is 0 Å². The van der Waals surface area contributed by atoms with Gasteiger partial charge in [-0.15, -0.1) is 10.2 Å². The monoisotopic (exact) mass is 403 g/mol. The third kappa shape index (κ3) is 4.55. The van der Waals surface area contributed by atoms with Crippen LogP contribution in [0.3, 0.4) is 0 Å². The van der Waals surface area contributed by atoms with Crippen molar-refractivity contribution in [2.75, 3.05) is 6.61 Å². The summed E-state index contributed by atoms with van der Waals surface area (Å²) in [7, 11) is 0. The highest BCUT2D eigenvalue weighted by atomic mass is 32.2. The van der Waals surface area contributed by atoms with Crippen LogP contribution in [0.5, 0.6) is 5.75 Å². The number of aromatic hydroxyl groups is 1. The van der Waals surface area contributed by atoms with E-state index in [0.29, 0.717) is 11.0 Å². The van der Waals surface area contributed by atoms with Crippen molar-refractivity contribution in [3.8, 4) is 17.1 Å². The fourth-order valence-electron chi connectivity index (χ4n) is 3.45. The Morgan fingerprint density at radius 1 is 1.21 bits per heavy atom. The number of Topliss-reactive ketones (excluding diaryl/α,β-unsaturated/α-hetero) is 1. The molecule has 0 amide bonds. The maximum absolute atomic E-state index is 12.2. The predicted octanol–water partition coefficient (Wildman–Crippen LogP) is 3.77. The van der Waals surface area contributed by atoms with Crippen molar-refractivity contribution in [1.29, 1.82) is 0 Å². The molecule has 1 aliphatic carbocycles. The first kappa shape index (κ1) is 20.4. The average molecular weight is 404 g/mol. The minimum absolute atomic E-state index is 0.182. The highest BCUT2D eigenvalue weighted by Gasteiger charge is 2.31. The van der Waals surface area contributed by atoms with Gasteiger partial charge in [0.25, 0.3) is 0 Å². The third-order valence-corrected chi connectivity index (χ3v) is 6.07. The zero-order valence-electron chi connectivity index (χ0n) is 16.1. The number of hydrogen-bond acceptors (Lipinski definition) is 7. The predicted molar refractivity (Wildman–Crippen MR) is 106 cm³/mol. The van der Waals surface area contributed by atoms with E-state index in [1.165, 1.54) is 13.3 Å². The zero-order valence-corrected chi connectivity index (χ0v) is 16.9. The number of carbonyl (C=O) groups excluding carboxylic acids is 2. The maximum Gasteiger partial charge on any atom is 0.327 e. The summed E-state index contributed by atoms with van der Waals surface area (Å²) in [5.74, 6) is 0.0406. The van der Waals surface area contributed by atoms with Gasteiger partial charge in [0.1, 0.15) is 5.75 Å². The highest BCUT2D eigenvalue weighted by Crippen LogP contribution is 2.37. The van der Waals surface area contributed by atoms with Gasteiger partial charge in [-0.3, -0.25) is 14.2 Å². The average Bonchev–Trinajstić information content (AvgIpc) is 3.11. The molecule has 1 heterocycles. The molecular weight excluding hydrogens is 378 g/mol. The fraction of sp³-hybridized carbons (Fsp3) is 0.500. The lowest BCUT2D eigenvalue weighted by Gasteiger charge is -2.26. The van der Waals surface area contributed by atoms with Gasteiger partial charge < -0.3 is 9.84 Å². The number of ether oxygens (including phenoxy) is 1. The lowest BCUT2D eigenvalue weighted by atomic mass is 9.95. The minimum Gasteiger partial charge on any atom is -0.508 e. The number of benzene rings is 1. The second-order valence-electron chi connectivity index (χ2n) is 6.88. The Hall–Kier alpha value is -2.35. The number of phenolic OH excluding ortho intramolecular Hbond substituents is 1. The molecular formula is C20H25N3O4S. The number of phenols is 1. The molecule has 3 rings (SSSR count). The molecule has 8 heteroatoms. The Balaban J connectivity index is 1.99. The molecule has 0 aliphatic heterocycles. The second-order valence-corrected chi connectivity index (χ2v) is 7.95. The van der Waals surface area contributed by atoms with Crippen molar-refractivity contribution in [1.82, 2.24) is 14.8 Å². The standard InChI is InChI=1S/C20H25N3O4S/c1-3-27-19(26)17(13(2)24)28-20-22-21-18(14-9-11-16(25)12-10-14)23(20)15-7-5-4-6-8-15/h9-12,15,17,25H,3-8H2,1-2H3. The van der Waals surface area contributed by atoms with Gasteiger partial charge in [-0.1, -0.05) is 31.0 Å². The third-order valence-electron chi connectivity index (χ3n) is 4.82. The SMILES string of the molecule is CCOC(=O)C(Sc1nnc(-c2ccc(O)cc2)n1C1CCCCC1)C(C)=O. The Morgan fingerprint density at radius 2 is 1.89 bits per heavy atom. The molecule has 1 atom stereocenters. The summed E-state index contributed by atoms with van der Waals surface area (Å²) in [5.41, 5.74) is 0.832. The summed E-state index contributed by atoms with van der Waals surface area (Å²) in [5, 5.41) is 17.8. The molecule has 0 radical (unpaired) electrons. The van der Waals surface area contributed by atoms with Crippen molar-refractivity contribution in [2.45, 2.75) is 62.4 Å². The number of carbonyl (C=O) groups is 2. The smallest absolute Gasteiger partial charge is 0.327 e. The number of rotatable bonds is 7. The largest absolute Gasteiger partial charge is 0.508 e. The van der Waals surface area contributed by atoms with Crippen molar-refractivity contribution in [3.63, 3.8) is 0 Å². The van der Waals surface area contributed by atoms with E-state index >= 15 is 0 Å².